The second kappa shape index (κ2) is 10.2. The maximum absolute atomic E-state index is 6.35. The molecule has 0 saturated carbocycles. The molecule has 0 aliphatic rings. The van der Waals surface area contributed by atoms with Crippen molar-refractivity contribution in [2.75, 3.05) is 0 Å². The van der Waals surface area contributed by atoms with Crippen LogP contribution in [0.5, 0.6) is 0 Å². The maximum Gasteiger partial charge on any atom is 0.136 e. The average molecular weight is 597 g/mol. The number of benzene rings is 9. The zero-order valence-electron chi connectivity index (χ0n) is 25.6. The van der Waals surface area contributed by atoms with Crippen molar-refractivity contribution in [3.05, 3.63) is 170 Å². The zero-order valence-corrected chi connectivity index (χ0v) is 25.6. The largest absolute Gasteiger partial charge is 0.456 e. The van der Waals surface area contributed by atoms with Crippen molar-refractivity contribution in [3.8, 4) is 44.5 Å². The van der Waals surface area contributed by atoms with Crippen molar-refractivity contribution in [1.82, 2.24) is 0 Å². The molecule has 0 spiro atoms. The molecule has 1 aromatic heterocycles. The van der Waals surface area contributed by atoms with Crippen LogP contribution in [0.25, 0.3) is 98.8 Å². The third-order valence-electron chi connectivity index (χ3n) is 9.86. The zero-order chi connectivity index (χ0) is 30.9. The van der Waals surface area contributed by atoms with Gasteiger partial charge in [-0.3, -0.25) is 0 Å². The van der Waals surface area contributed by atoms with Crippen molar-refractivity contribution in [1.29, 1.82) is 0 Å². The number of hydrogen-bond acceptors (Lipinski definition) is 1. The van der Waals surface area contributed by atoms with Gasteiger partial charge in [0, 0.05) is 10.8 Å². The maximum atomic E-state index is 6.35. The third-order valence-corrected chi connectivity index (χ3v) is 9.86. The van der Waals surface area contributed by atoms with Gasteiger partial charge in [-0.25, -0.2) is 0 Å². The van der Waals surface area contributed by atoms with Gasteiger partial charge in [0.25, 0.3) is 0 Å². The Bertz CT molecular complexity index is 2730. The van der Waals surface area contributed by atoms with Crippen LogP contribution >= 0.6 is 0 Å². The smallest absolute Gasteiger partial charge is 0.136 e. The fourth-order valence-electron chi connectivity index (χ4n) is 7.90. The standard InChI is InChI=1S/C46H28O/c1-2-13-29(14-3-1)31-16-4-5-17-32(31)33-18-6-7-19-34(33)44-35-20-8-10-22-37(35)45(38-23-11-9-21-36(38)44)39-27-28-42-46-40(39)26-25-30-15-12-24-41(47-42)43(30)46/h1-28H. The first-order valence-corrected chi connectivity index (χ1v) is 16.2. The Kier molecular flexibility index (Phi) is 5.64. The average Bonchev–Trinajstić information content (AvgIpc) is 3.53. The van der Waals surface area contributed by atoms with Gasteiger partial charge in [-0.2, -0.15) is 0 Å². The molecule has 0 aliphatic carbocycles. The summed E-state index contributed by atoms with van der Waals surface area (Å²) >= 11 is 0. The van der Waals surface area contributed by atoms with E-state index in [-0.39, 0.29) is 0 Å². The number of fused-ring (bicyclic) bond motifs is 2. The lowest BCUT2D eigenvalue weighted by atomic mass is 9.82. The quantitative estimate of drug-likeness (QED) is 0.145. The normalized spacial score (nSPS) is 11.8. The molecular weight excluding hydrogens is 569 g/mol. The molecule has 0 N–H and O–H groups in total. The van der Waals surface area contributed by atoms with Crippen molar-refractivity contribution in [2.24, 2.45) is 0 Å². The minimum absolute atomic E-state index is 0.937. The van der Waals surface area contributed by atoms with E-state index in [9.17, 15) is 0 Å². The summed E-state index contributed by atoms with van der Waals surface area (Å²) in [4.78, 5) is 0. The summed E-state index contributed by atoms with van der Waals surface area (Å²) in [5.74, 6) is 0. The molecule has 0 unspecified atom stereocenters. The van der Waals surface area contributed by atoms with E-state index in [2.05, 4.69) is 170 Å². The van der Waals surface area contributed by atoms with Crippen LogP contribution in [0, 0.1) is 0 Å². The molecule has 1 heterocycles. The van der Waals surface area contributed by atoms with Crippen molar-refractivity contribution in [3.63, 3.8) is 0 Å². The Morgan fingerprint density at radius 1 is 0.277 bits per heavy atom. The SMILES string of the molecule is c1ccc(-c2ccccc2-c2ccccc2-c2c3ccccc3c(-c3ccc4oc5cccc6ccc3c4c65)c3ccccc23)cc1. The van der Waals surface area contributed by atoms with Crippen LogP contribution in [0.1, 0.15) is 0 Å². The van der Waals surface area contributed by atoms with E-state index in [4.69, 9.17) is 4.42 Å². The van der Waals surface area contributed by atoms with E-state index in [1.807, 2.05) is 0 Å². The second-order valence-electron chi connectivity index (χ2n) is 12.4. The number of furan rings is 1. The molecule has 0 saturated heterocycles. The highest BCUT2D eigenvalue weighted by Crippen LogP contribution is 2.49. The summed E-state index contributed by atoms with van der Waals surface area (Å²) < 4.78 is 6.35. The van der Waals surface area contributed by atoms with E-state index in [1.165, 1.54) is 87.6 Å². The van der Waals surface area contributed by atoms with E-state index >= 15 is 0 Å². The van der Waals surface area contributed by atoms with Crippen LogP contribution in [0.4, 0.5) is 0 Å². The van der Waals surface area contributed by atoms with Crippen molar-refractivity contribution in [2.45, 2.75) is 0 Å². The Morgan fingerprint density at radius 3 is 1.49 bits per heavy atom. The highest BCUT2D eigenvalue weighted by Gasteiger charge is 2.22. The third kappa shape index (κ3) is 3.84. The second-order valence-corrected chi connectivity index (χ2v) is 12.4. The summed E-state index contributed by atoms with van der Waals surface area (Å²) in [6, 6.07) is 61.5. The lowest BCUT2D eigenvalue weighted by Crippen LogP contribution is -1.94. The van der Waals surface area contributed by atoms with E-state index in [0.29, 0.717) is 0 Å². The lowest BCUT2D eigenvalue weighted by molar-refractivity contribution is 0.669. The summed E-state index contributed by atoms with van der Waals surface area (Å²) in [5.41, 5.74) is 11.8. The number of rotatable bonds is 4. The van der Waals surface area contributed by atoms with Crippen LogP contribution in [0.15, 0.2) is 174 Å². The molecule has 0 atom stereocenters. The van der Waals surface area contributed by atoms with Crippen molar-refractivity contribution < 1.29 is 4.42 Å². The molecule has 0 amide bonds. The topological polar surface area (TPSA) is 13.1 Å². The molecule has 0 radical (unpaired) electrons. The van der Waals surface area contributed by atoms with Gasteiger partial charge < -0.3 is 4.42 Å². The molecule has 1 heteroatoms. The predicted molar refractivity (Wildman–Crippen MR) is 199 cm³/mol. The van der Waals surface area contributed by atoms with Gasteiger partial charge in [0.1, 0.15) is 11.2 Å². The molecule has 0 bridgehead atoms. The van der Waals surface area contributed by atoms with Crippen LogP contribution in [0.2, 0.25) is 0 Å². The highest BCUT2D eigenvalue weighted by atomic mass is 16.3. The molecule has 218 valence electrons. The van der Waals surface area contributed by atoms with Gasteiger partial charge in [-0.1, -0.05) is 152 Å². The summed E-state index contributed by atoms with van der Waals surface area (Å²) in [6.07, 6.45) is 0. The van der Waals surface area contributed by atoms with Gasteiger partial charge in [-0.05, 0) is 95.0 Å². The van der Waals surface area contributed by atoms with E-state index < -0.39 is 0 Å². The summed E-state index contributed by atoms with van der Waals surface area (Å²) in [7, 11) is 0. The highest BCUT2D eigenvalue weighted by molar-refractivity contribution is 6.29. The molecule has 1 nitrogen and oxygen atoms in total. The van der Waals surface area contributed by atoms with Crippen LogP contribution in [-0.4, -0.2) is 0 Å². The van der Waals surface area contributed by atoms with Gasteiger partial charge >= 0.3 is 0 Å². The fraction of sp³-hybridized carbons (Fsp3) is 0. The lowest BCUT2D eigenvalue weighted by Gasteiger charge is -2.21. The first-order chi connectivity index (χ1) is 23.3. The Morgan fingerprint density at radius 2 is 0.809 bits per heavy atom. The molecule has 9 aromatic carbocycles. The van der Waals surface area contributed by atoms with Gasteiger partial charge in [0.05, 0.1) is 0 Å². The Hall–Kier alpha value is -6.18. The Labute approximate surface area is 272 Å². The molecule has 47 heavy (non-hydrogen) atoms. The van der Waals surface area contributed by atoms with Gasteiger partial charge in [-0.15, -0.1) is 0 Å². The van der Waals surface area contributed by atoms with E-state index in [1.54, 1.807) is 0 Å². The van der Waals surface area contributed by atoms with Crippen LogP contribution in [0.3, 0.4) is 0 Å². The first kappa shape index (κ1) is 26.1. The van der Waals surface area contributed by atoms with Gasteiger partial charge in [0.15, 0.2) is 0 Å². The molecule has 10 aromatic rings. The van der Waals surface area contributed by atoms with Crippen LogP contribution < -0.4 is 0 Å². The monoisotopic (exact) mass is 596 g/mol. The molecule has 0 fully saturated rings. The summed E-state index contributed by atoms with van der Waals surface area (Å²) in [5, 5.41) is 9.83. The van der Waals surface area contributed by atoms with Gasteiger partial charge in [0.2, 0.25) is 0 Å². The first-order valence-electron chi connectivity index (χ1n) is 16.2. The molecular formula is C46H28O. The molecule has 0 aliphatic heterocycles. The van der Waals surface area contributed by atoms with Crippen LogP contribution in [-0.2, 0) is 0 Å². The summed E-state index contributed by atoms with van der Waals surface area (Å²) in [6.45, 7) is 0. The minimum Gasteiger partial charge on any atom is -0.456 e. The minimum atomic E-state index is 0.937. The Balaban J connectivity index is 1.30. The fourth-order valence-corrected chi connectivity index (χ4v) is 7.90. The number of hydrogen-bond donors (Lipinski definition) is 0. The van der Waals surface area contributed by atoms with E-state index in [0.717, 1.165) is 11.2 Å². The van der Waals surface area contributed by atoms with Crippen molar-refractivity contribution >= 4 is 54.3 Å². The predicted octanol–water partition coefficient (Wildman–Crippen LogP) is 13.2. The molecule has 10 rings (SSSR count).